The number of aryl methyl sites for hydroxylation is 1. The van der Waals surface area contributed by atoms with Crippen molar-refractivity contribution in [2.75, 3.05) is 43.0 Å². The summed E-state index contributed by atoms with van der Waals surface area (Å²) < 4.78 is 24.5. The van der Waals surface area contributed by atoms with Crippen LogP contribution in [-0.2, 0) is 9.84 Å². The van der Waals surface area contributed by atoms with Gasteiger partial charge in [0.2, 0.25) is 0 Å². The highest BCUT2D eigenvalue weighted by molar-refractivity contribution is 7.91. The van der Waals surface area contributed by atoms with Crippen LogP contribution in [0.5, 0.6) is 0 Å². The Morgan fingerprint density at radius 2 is 1.96 bits per heavy atom. The average Bonchev–Trinajstić information content (AvgIpc) is 3.00. The molecule has 1 N–H and O–H groups in total. The van der Waals surface area contributed by atoms with Crippen LogP contribution in [-0.4, -0.2) is 71.0 Å². The van der Waals surface area contributed by atoms with Gasteiger partial charge in [0.15, 0.2) is 15.7 Å². The molecule has 1 aliphatic rings. The minimum absolute atomic E-state index is 0.278. The van der Waals surface area contributed by atoms with Crippen LogP contribution < -0.4 is 5.32 Å². The maximum Gasteiger partial charge on any atom is 0.175 e. The summed E-state index contributed by atoms with van der Waals surface area (Å²) in [5, 5.41) is 15.8. The number of hydrogen-bond acceptors (Lipinski definition) is 7. The Kier molecular flexibility index (Phi) is 5.10. The van der Waals surface area contributed by atoms with Crippen molar-refractivity contribution in [3.63, 3.8) is 0 Å². The molecule has 0 bridgehead atoms. The van der Waals surface area contributed by atoms with E-state index < -0.39 is 9.84 Å². The van der Waals surface area contributed by atoms with Gasteiger partial charge in [0.1, 0.15) is 5.82 Å². The van der Waals surface area contributed by atoms with Gasteiger partial charge in [0.25, 0.3) is 0 Å². The van der Waals surface area contributed by atoms with E-state index >= 15 is 0 Å². The zero-order chi connectivity index (χ0) is 17.0. The van der Waals surface area contributed by atoms with Gasteiger partial charge in [0, 0.05) is 25.8 Å². The Hall–Kier alpha value is -2.00. The van der Waals surface area contributed by atoms with E-state index in [0.717, 1.165) is 31.0 Å². The Morgan fingerprint density at radius 1 is 1.17 bits per heavy atom. The number of anilines is 1. The summed E-state index contributed by atoms with van der Waals surface area (Å²) in [4.78, 5) is 2.19. The highest BCUT2D eigenvalue weighted by Gasteiger charge is 2.20. The van der Waals surface area contributed by atoms with Gasteiger partial charge >= 0.3 is 0 Å². The van der Waals surface area contributed by atoms with Gasteiger partial charge in [-0.25, -0.2) is 13.1 Å². The maximum absolute atomic E-state index is 11.4. The van der Waals surface area contributed by atoms with Crippen LogP contribution in [0.15, 0.2) is 24.4 Å². The van der Waals surface area contributed by atoms with Gasteiger partial charge in [0.05, 0.1) is 17.2 Å². The molecule has 2 aromatic heterocycles. The lowest BCUT2D eigenvalue weighted by atomic mass is 10.3. The second kappa shape index (κ2) is 7.27. The van der Waals surface area contributed by atoms with E-state index in [1.807, 2.05) is 31.3 Å². The fraction of sp³-hybridized carbons (Fsp3) is 0.533. The van der Waals surface area contributed by atoms with Crippen LogP contribution in [0.25, 0.3) is 5.82 Å². The van der Waals surface area contributed by atoms with E-state index in [2.05, 4.69) is 25.5 Å². The molecule has 1 saturated heterocycles. The summed E-state index contributed by atoms with van der Waals surface area (Å²) in [6.07, 6.45) is 2.78. The molecule has 0 saturated carbocycles. The van der Waals surface area contributed by atoms with Crippen LogP contribution >= 0.6 is 0 Å². The molecular weight excluding hydrogens is 328 g/mol. The largest absolute Gasteiger partial charge is 0.369 e. The third-order valence-electron chi connectivity index (χ3n) is 4.00. The first-order valence-electron chi connectivity index (χ1n) is 8.05. The molecule has 0 amide bonds. The molecule has 0 spiro atoms. The Morgan fingerprint density at radius 3 is 2.58 bits per heavy atom. The third-order valence-corrected chi connectivity index (χ3v) is 5.61. The van der Waals surface area contributed by atoms with Gasteiger partial charge in [-0.15, -0.1) is 10.2 Å². The van der Waals surface area contributed by atoms with E-state index in [9.17, 15) is 8.42 Å². The van der Waals surface area contributed by atoms with Crippen molar-refractivity contribution in [2.24, 2.45) is 0 Å². The lowest BCUT2D eigenvalue weighted by Gasteiger charge is -2.26. The summed E-state index contributed by atoms with van der Waals surface area (Å²) in [7, 11) is -2.80. The van der Waals surface area contributed by atoms with E-state index in [0.29, 0.717) is 18.9 Å². The number of aromatic nitrogens is 4. The summed E-state index contributed by atoms with van der Waals surface area (Å²) >= 11 is 0. The number of nitrogens with one attached hydrogen (secondary N) is 1. The second-order valence-corrected chi connectivity index (χ2v) is 8.26. The molecule has 0 aromatic carbocycles. The van der Waals surface area contributed by atoms with E-state index in [1.165, 1.54) is 0 Å². The molecule has 130 valence electrons. The normalized spacial score (nSPS) is 17.7. The smallest absolute Gasteiger partial charge is 0.175 e. The van der Waals surface area contributed by atoms with Crippen LogP contribution in [0.3, 0.4) is 0 Å². The summed E-state index contributed by atoms with van der Waals surface area (Å²) in [5.41, 5.74) is 0.935. The van der Waals surface area contributed by atoms with Crippen molar-refractivity contribution in [1.29, 1.82) is 0 Å². The van der Waals surface area contributed by atoms with Crippen molar-refractivity contribution in [3.05, 3.63) is 30.1 Å². The topological polar surface area (TPSA) is 93.0 Å². The Balaban J connectivity index is 1.41. The maximum atomic E-state index is 11.4. The first-order chi connectivity index (χ1) is 11.5. The lowest BCUT2D eigenvalue weighted by Crippen LogP contribution is -2.41. The van der Waals surface area contributed by atoms with Crippen molar-refractivity contribution in [2.45, 2.75) is 13.3 Å². The molecular formula is C15H22N6O2S. The van der Waals surface area contributed by atoms with Crippen LogP contribution in [0.2, 0.25) is 0 Å². The minimum Gasteiger partial charge on any atom is -0.369 e. The Bertz CT molecular complexity index is 758. The molecule has 0 unspecified atom stereocenters. The molecule has 9 heteroatoms. The van der Waals surface area contributed by atoms with Gasteiger partial charge in [-0.1, -0.05) is 0 Å². The number of nitrogens with zero attached hydrogens (tertiary/aromatic N) is 5. The fourth-order valence-corrected chi connectivity index (χ4v) is 3.85. The molecule has 8 nitrogen and oxygen atoms in total. The third kappa shape index (κ3) is 4.51. The monoisotopic (exact) mass is 350 g/mol. The average molecular weight is 350 g/mol. The van der Waals surface area contributed by atoms with E-state index in [-0.39, 0.29) is 11.5 Å². The second-order valence-electron chi connectivity index (χ2n) is 5.95. The molecule has 1 fully saturated rings. The molecule has 24 heavy (non-hydrogen) atoms. The fourth-order valence-electron chi connectivity index (χ4n) is 2.58. The highest BCUT2D eigenvalue weighted by atomic mass is 32.2. The molecule has 0 atom stereocenters. The quantitative estimate of drug-likeness (QED) is 0.759. The number of sulfone groups is 1. The summed E-state index contributed by atoms with van der Waals surface area (Å²) in [5.74, 6) is 1.97. The van der Waals surface area contributed by atoms with Crippen LogP contribution in [0, 0.1) is 6.92 Å². The Labute approximate surface area is 141 Å². The zero-order valence-electron chi connectivity index (χ0n) is 13.7. The molecule has 0 radical (unpaired) electrons. The molecule has 0 aliphatic carbocycles. The molecule has 3 heterocycles. The summed E-state index contributed by atoms with van der Waals surface area (Å²) in [6.45, 7) is 4.87. The number of rotatable bonds is 6. The van der Waals surface area contributed by atoms with Gasteiger partial charge in [-0.3, -0.25) is 0 Å². The number of hydrogen-bond donors (Lipinski definition) is 1. The van der Waals surface area contributed by atoms with Crippen LogP contribution in [0.4, 0.5) is 5.82 Å². The van der Waals surface area contributed by atoms with Gasteiger partial charge < -0.3 is 10.2 Å². The van der Waals surface area contributed by atoms with Crippen molar-refractivity contribution < 1.29 is 8.42 Å². The first kappa shape index (κ1) is 16.8. The SMILES string of the molecule is Cc1ccn(-c2ccc(NCCCN3CCS(=O)(=O)CC3)nn2)n1. The van der Waals surface area contributed by atoms with Crippen molar-refractivity contribution >= 4 is 15.7 Å². The van der Waals surface area contributed by atoms with Gasteiger partial charge in [-0.05, 0) is 38.1 Å². The highest BCUT2D eigenvalue weighted by Crippen LogP contribution is 2.08. The standard InChI is InChI=1S/C15H22N6O2S/c1-13-5-8-21(19-13)15-4-3-14(17-18-15)16-6-2-7-20-9-11-24(22,23)12-10-20/h3-5,8H,2,6-7,9-12H2,1H3,(H,16,17). The van der Waals surface area contributed by atoms with Crippen LogP contribution in [0.1, 0.15) is 12.1 Å². The lowest BCUT2D eigenvalue weighted by molar-refractivity contribution is 0.294. The molecule has 3 rings (SSSR count). The molecule has 1 aliphatic heterocycles. The predicted molar refractivity (Wildman–Crippen MR) is 92.1 cm³/mol. The van der Waals surface area contributed by atoms with Gasteiger partial charge in [-0.2, -0.15) is 5.10 Å². The van der Waals surface area contributed by atoms with Crippen molar-refractivity contribution in [3.8, 4) is 5.82 Å². The molecule has 2 aromatic rings. The first-order valence-corrected chi connectivity index (χ1v) is 9.87. The van der Waals surface area contributed by atoms with Crippen molar-refractivity contribution in [1.82, 2.24) is 24.9 Å². The predicted octanol–water partition coefficient (Wildman–Crippen LogP) is 0.503. The van der Waals surface area contributed by atoms with E-state index in [1.54, 1.807) is 4.68 Å². The zero-order valence-corrected chi connectivity index (χ0v) is 14.5. The van der Waals surface area contributed by atoms with E-state index in [4.69, 9.17) is 0 Å². The summed E-state index contributed by atoms with van der Waals surface area (Å²) in [6, 6.07) is 5.67. The minimum atomic E-state index is -2.80.